The molecule has 2 nitrogen and oxygen atoms in total. The van der Waals surface area contributed by atoms with Gasteiger partial charge in [-0.15, -0.1) is 19.0 Å². The summed E-state index contributed by atoms with van der Waals surface area (Å²) in [6.45, 7) is 7.20. The maximum absolute atomic E-state index is 13.7. The van der Waals surface area contributed by atoms with E-state index in [1.54, 1.807) is 6.08 Å². The van der Waals surface area contributed by atoms with Crippen LogP contribution in [-0.2, 0) is 0 Å². The maximum atomic E-state index is 13.7. The molecular weight excluding hydrogens is 258 g/mol. The Bertz CT molecular complexity index is 406. The van der Waals surface area contributed by atoms with Gasteiger partial charge in [-0.1, -0.05) is 12.1 Å². The minimum atomic E-state index is -0.547. The van der Waals surface area contributed by atoms with Gasteiger partial charge in [0.2, 0.25) is 0 Å². The first-order valence-electron chi connectivity index (χ1n) is 5.74. The highest BCUT2D eigenvalue weighted by molar-refractivity contribution is 5.85. The number of nitrogens with zero attached hydrogens (tertiary/aromatic N) is 1. The quantitative estimate of drug-likeness (QED) is 0.852. The molecule has 1 N–H and O–H groups in total. The number of halogens is 3. The second-order valence-electron chi connectivity index (χ2n) is 4.13. The Hall–Kier alpha value is -0.970. The predicted molar refractivity (Wildman–Crippen MR) is 71.0 cm³/mol. The van der Waals surface area contributed by atoms with E-state index in [9.17, 15) is 8.78 Å². The molecule has 0 spiro atoms. The van der Waals surface area contributed by atoms with Crippen LogP contribution in [-0.4, -0.2) is 31.1 Å². The van der Waals surface area contributed by atoms with Gasteiger partial charge in [0.15, 0.2) is 0 Å². The average molecular weight is 275 g/mol. The highest BCUT2D eigenvalue weighted by Crippen LogP contribution is 2.25. The summed E-state index contributed by atoms with van der Waals surface area (Å²) in [6, 6.07) is 3.53. The molecule has 0 bridgehead atoms. The van der Waals surface area contributed by atoms with Crippen molar-refractivity contribution in [3.05, 3.63) is 48.1 Å². The van der Waals surface area contributed by atoms with Gasteiger partial charge in [0.25, 0.3) is 0 Å². The maximum Gasteiger partial charge on any atom is 0.131 e. The first kappa shape index (κ1) is 15.1. The second kappa shape index (κ2) is 6.83. The summed E-state index contributed by atoms with van der Waals surface area (Å²) in [5.74, 6) is -1.05. The molecule has 0 unspecified atom stereocenters. The van der Waals surface area contributed by atoms with Gasteiger partial charge < -0.3 is 5.32 Å². The van der Waals surface area contributed by atoms with Crippen molar-refractivity contribution in [2.45, 2.75) is 6.04 Å². The normalized spacial score (nSPS) is 17.9. The minimum absolute atomic E-state index is 0. The Kier molecular flexibility index (Phi) is 5.72. The van der Waals surface area contributed by atoms with E-state index < -0.39 is 11.6 Å². The molecule has 2 rings (SSSR count). The number of hydrogen-bond acceptors (Lipinski definition) is 2. The fourth-order valence-corrected chi connectivity index (χ4v) is 2.17. The van der Waals surface area contributed by atoms with Crippen LogP contribution in [0.15, 0.2) is 30.9 Å². The predicted octanol–water partition coefficient (Wildman–Crippen LogP) is 2.52. The Morgan fingerprint density at radius 3 is 2.50 bits per heavy atom. The van der Waals surface area contributed by atoms with Crippen LogP contribution < -0.4 is 5.32 Å². The van der Waals surface area contributed by atoms with Crippen LogP contribution in [0.4, 0.5) is 8.78 Å². The largest absolute Gasteiger partial charge is 0.314 e. The molecular formula is C13H17ClF2N2. The van der Waals surface area contributed by atoms with Gasteiger partial charge in [-0.2, -0.15) is 0 Å². The summed E-state index contributed by atoms with van der Waals surface area (Å²) >= 11 is 0. The molecule has 0 saturated carbocycles. The van der Waals surface area contributed by atoms with Crippen molar-refractivity contribution in [3.63, 3.8) is 0 Å². The number of benzene rings is 1. The number of hydrogen-bond donors (Lipinski definition) is 1. The van der Waals surface area contributed by atoms with Gasteiger partial charge in [-0.05, 0) is 6.07 Å². The SMILES string of the molecule is C=C[C@H](c1ccc(F)cc1F)N1CCNCC1.Cl. The molecule has 1 aromatic rings. The van der Waals surface area contributed by atoms with Crippen molar-refractivity contribution in [1.29, 1.82) is 0 Å². The van der Waals surface area contributed by atoms with Crippen LogP contribution in [0.25, 0.3) is 0 Å². The Morgan fingerprint density at radius 1 is 1.28 bits per heavy atom. The van der Waals surface area contributed by atoms with Crippen LogP contribution in [0.1, 0.15) is 11.6 Å². The zero-order valence-electron chi connectivity index (χ0n) is 10.0. The van der Waals surface area contributed by atoms with Crippen LogP contribution in [0, 0.1) is 11.6 Å². The second-order valence-corrected chi connectivity index (χ2v) is 4.13. The lowest BCUT2D eigenvalue weighted by Gasteiger charge is -2.33. The smallest absolute Gasteiger partial charge is 0.131 e. The zero-order valence-corrected chi connectivity index (χ0v) is 10.9. The third-order valence-electron chi connectivity index (χ3n) is 3.05. The molecule has 1 aliphatic rings. The molecule has 0 radical (unpaired) electrons. The summed E-state index contributed by atoms with van der Waals surface area (Å²) in [5, 5.41) is 3.24. The van der Waals surface area contributed by atoms with Crippen LogP contribution >= 0.6 is 12.4 Å². The lowest BCUT2D eigenvalue weighted by atomic mass is 10.0. The van der Waals surface area contributed by atoms with Crippen LogP contribution in [0.2, 0.25) is 0 Å². The fourth-order valence-electron chi connectivity index (χ4n) is 2.17. The summed E-state index contributed by atoms with van der Waals surface area (Å²) in [4.78, 5) is 2.14. The molecule has 1 aliphatic heterocycles. The standard InChI is InChI=1S/C13H16F2N2.ClH/c1-2-13(17-7-5-16-6-8-17)11-4-3-10(14)9-12(11)15;/h2-4,9,13,16H,1,5-8H2;1H/t13-;/m1./s1. The monoisotopic (exact) mass is 274 g/mol. The number of piperazine rings is 1. The highest BCUT2D eigenvalue weighted by atomic mass is 35.5. The van der Waals surface area contributed by atoms with Crippen molar-refractivity contribution in [1.82, 2.24) is 10.2 Å². The van der Waals surface area contributed by atoms with Crippen LogP contribution in [0.3, 0.4) is 0 Å². The summed E-state index contributed by atoms with van der Waals surface area (Å²) < 4.78 is 26.6. The van der Waals surface area contributed by atoms with Gasteiger partial charge in [-0.25, -0.2) is 8.78 Å². The lowest BCUT2D eigenvalue weighted by Crippen LogP contribution is -2.44. The molecule has 18 heavy (non-hydrogen) atoms. The van der Waals surface area contributed by atoms with E-state index in [1.807, 2.05) is 0 Å². The molecule has 0 aliphatic carbocycles. The Labute approximate surface area is 112 Å². The van der Waals surface area contributed by atoms with Gasteiger partial charge in [-0.3, -0.25) is 4.90 Å². The molecule has 5 heteroatoms. The molecule has 0 aromatic heterocycles. The van der Waals surface area contributed by atoms with Gasteiger partial charge in [0, 0.05) is 37.8 Å². The van der Waals surface area contributed by atoms with E-state index in [-0.39, 0.29) is 18.4 Å². The summed E-state index contributed by atoms with van der Waals surface area (Å²) in [6.07, 6.45) is 1.71. The third-order valence-corrected chi connectivity index (χ3v) is 3.05. The van der Waals surface area contributed by atoms with Crippen molar-refractivity contribution in [2.75, 3.05) is 26.2 Å². The Balaban J connectivity index is 0.00000162. The van der Waals surface area contributed by atoms with E-state index in [0.29, 0.717) is 5.56 Å². The molecule has 1 aromatic carbocycles. The highest BCUT2D eigenvalue weighted by Gasteiger charge is 2.22. The van der Waals surface area contributed by atoms with E-state index in [0.717, 1.165) is 32.2 Å². The summed E-state index contributed by atoms with van der Waals surface area (Å²) in [5.41, 5.74) is 0.489. The van der Waals surface area contributed by atoms with Crippen molar-refractivity contribution in [2.24, 2.45) is 0 Å². The molecule has 1 atom stereocenters. The van der Waals surface area contributed by atoms with Crippen molar-refractivity contribution >= 4 is 12.4 Å². The topological polar surface area (TPSA) is 15.3 Å². The third kappa shape index (κ3) is 3.28. The zero-order chi connectivity index (χ0) is 12.3. The lowest BCUT2D eigenvalue weighted by molar-refractivity contribution is 0.200. The minimum Gasteiger partial charge on any atom is -0.314 e. The molecule has 1 fully saturated rings. The first-order valence-corrected chi connectivity index (χ1v) is 5.74. The van der Waals surface area contributed by atoms with Gasteiger partial charge in [0.05, 0.1) is 6.04 Å². The summed E-state index contributed by atoms with van der Waals surface area (Å²) in [7, 11) is 0. The average Bonchev–Trinajstić information content (AvgIpc) is 2.34. The van der Waals surface area contributed by atoms with Crippen molar-refractivity contribution in [3.8, 4) is 0 Å². The van der Waals surface area contributed by atoms with E-state index in [4.69, 9.17) is 0 Å². The fraction of sp³-hybridized carbons (Fsp3) is 0.385. The van der Waals surface area contributed by atoms with Gasteiger partial charge >= 0.3 is 0 Å². The molecule has 1 heterocycles. The van der Waals surface area contributed by atoms with Crippen LogP contribution in [0.5, 0.6) is 0 Å². The first-order chi connectivity index (χ1) is 8.22. The van der Waals surface area contributed by atoms with Crippen molar-refractivity contribution < 1.29 is 8.78 Å². The van der Waals surface area contributed by atoms with E-state index >= 15 is 0 Å². The van der Waals surface area contributed by atoms with E-state index in [1.165, 1.54) is 12.1 Å². The molecule has 0 amide bonds. The Morgan fingerprint density at radius 2 is 1.94 bits per heavy atom. The molecule has 1 saturated heterocycles. The number of rotatable bonds is 3. The van der Waals surface area contributed by atoms with Gasteiger partial charge in [0.1, 0.15) is 11.6 Å². The number of nitrogens with one attached hydrogen (secondary N) is 1. The van der Waals surface area contributed by atoms with E-state index in [2.05, 4.69) is 16.8 Å². The molecule has 100 valence electrons.